The second-order valence-electron chi connectivity index (χ2n) is 4.66. The normalized spacial score (nSPS) is 13.6. The first-order valence-corrected chi connectivity index (χ1v) is 6.00. The van der Waals surface area contributed by atoms with Gasteiger partial charge < -0.3 is 5.73 Å². The van der Waals surface area contributed by atoms with Crippen molar-refractivity contribution in [3.63, 3.8) is 0 Å². The largest absolute Gasteiger partial charge is 0.715 e. The lowest BCUT2D eigenvalue weighted by Crippen LogP contribution is -2.23. The fraction of sp³-hybridized carbons (Fsp3) is 0.500. The summed E-state index contributed by atoms with van der Waals surface area (Å²) in [6.45, 7) is 11.7. The number of hydrogen-bond donors (Lipinski definition) is 1. The molecule has 0 aliphatic heterocycles. The van der Waals surface area contributed by atoms with E-state index in [1.54, 1.807) is 0 Å². The molecule has 100 valence electrons. The Kier molecular flexibility index (Phi) is 4.22. The number of hydrogen-bond acceptors (Lipinski definition) is 2. The Morgan fingerprint density at radius 1 is 1.39 bits per heavy atom. The number of nitrogens with two attached hydrogens (primary N) is 1. The molecule has 1 aromatic rings. The van der Waals surface area contributed by atoms with Crippen LogP contribution < -0.4 is 11.5 Å². The predicted octanol–water partition coefficient (Wildman–Crippen LogP) is 2.52. The molecule has 4 heteroatoms. The van der Waals surface area contributed by atoms with Gasteiger partial charge in [0.05, 0.1) is 14.0 Å². The van der Waals surface area contributed by atoms with E-state index < -0.39 is 0 Å². The van der Waals surface area contributed by atoms with Gasteiger partial charge in [0.15, 0.2) is 6.10 Å². The van der Waals surface area contributed by atoms with Gasteiger partial charge in [-0.15, -0.1) is 8.98 Å². The van der Waals surface area contributed by atoms with Gasteiger partial charge in [0.2, 0.25) is 0 Å². The minimum Gasteiger partial charge on any atom is -0.452 e. The van der Waals surface area contributed by atoms with Gasteiger partial charge in [-0.1, -0.05) is 25.1 Å². The van der Waals surface area contributed by atoms with Crippen molar-refractivity contribution in [2.24, 2.45) is 12.8 Å². The van der Waals surface area contributed by atoms with E-state index in [0.29, 0.717) is 5.76 Å². The number of nitrogens with zero attached hydrogens (tertiary/aromatic N) is 1. The maximum atomic E-state index is 5.76. The Morgan fingerprint density at radius 3 is 2.44 bits per heavy atom. The highest BCUT2D eigenvalue weighted by Gasteiger charge is 2.23. The average molecular weight is 251 g/mol. The summed E-state index contributed by atoms with van der Waals surface area (Å²) < 4.78 is 13.3. The van der Waals surface area contributed by atoms with E-state index in [-0.39, 0.29) is 0 Å². The van der Waals surface area contributed by atoms with Crippen molar-refractivity contribution < 1.29 is 4.42 Å². The molecule has 1 heterocycles. The Balaban J connectivity index is 3.39. The smallest absolute Gasteiger partial charge is 0.452 e. The first kappa shape index (κ1) is 14.4. The fourth-order valence-electron chi connectivity index (χ4n) is 1.49. The van der Waals surface area contributed by atoms with E-state index in [0.717, 1.165) is 34.4 Å². The van der Waals surface area contributed by atoms with E-state index in [9.17, 15) is 0 Å². The molecule has 0 saturated heterocycles. The van der Waals surface area contributed by atoms with Crippen molar-refractivity contribution in [2.75, 3.05) is 0 Å². The van der Waals surface area contributed by atoms with Crippen molar-refractivity contribution in [3.8, 4) is 0 Å². The van der Waals surface area contributed by atoms with Crippen molar-refractivity contribution >= 4 is 0 Å². The summed E-state index contributed by atoms with van der Waals surface area (Å²) in [6.07, 6.45) is 0.747. The molecule has 18 heavy (non-hydrogen) atoms. The highest BCUT2D eigenvalue weighted by Crippen LogP contribution is 2.15. The van der Waals surface area contributed by atoms with Crippen molar-refractivity contribution in [2.45, 2.75) is 41.5 Å². The van der Waals surface area contributed by atoms with E-state index in [1.807, 2.05) is 53.2 Å². The lowest BCUT2D eigenvalue weighted by molar-refractivity contribution is 0.409. The van der Waals surface area contributed by atoms with E-state index in [1.165, 1.54) is 0 Å². The molecule has 1 rings (SSSR count). The second kappa shape index (κ2) is 5.29. The Morgan fingerprint density at radius 2 is 1.94 bits per heavy atom. The number of aryl methyl sites for hydroxylation is 1. The number of rotatable bonds is 2. The van der Waals surface area contributed by atoms with Crippen LogP contribution in [0.3, 0.4) is 0 Å². The summed E-state index contributed by atoms with van der Waals surface area (Å²) >= 11 is 0. The van der Waals surface area contributed by atoms with Crippen LogP contribution in [0.25, 0.3) is 0 Å². The quantitative estimate of drug-likeness (QED) is 0.648. The van der Waals surface area contributed by atoms with E-state index in [4.69, 9.17) is 14.6 Å². The van der Waals surface area contributed by atoms with Crippen LogP contribution in [0.2, 0.25) is 0 Å². The third-order valence-corrected chi connectivity index (χ3v) is 3.45. The molecule has 0 amide bonds. The molecule has 1 aromatic heterocycles. The molecular formula is C14H23N2O2+. The lowest BCUT2D eigenvalue weighted by atomic mass is 10.1. The van der Waals surface area contributed by atoms with E-state index in [2.05, 4.69) is 0 Å². The summed E-state index contributed by atoms with van der Waals surface area (Å²) in [6, 6.07) is 0. The minimum atomic E-state index is 0.466. The molecular weight excluding hydrogens is 228 g/mol. The third-order valence-electron chi connectivity index (χ3n) is 3.45. The van der Waals surface area contributed by atoms with Gasteiger partial charge in [-0.3, -0.25) is 4.42 Å². The zero-order valence-electron chi connectivity index (χ0n) is 12.3. The van der Waals surface area contributed by atoms with Crippen LogP contribution in [-0.2, 0) is 7.05 Å². The van der Waals surface area contributed by atoms with Crippen LogP contribution in [0.15, 0.2) is 20.1 Å². The molecule has 0 aliphatic carbocycles. The van der Waals surface area contributed by atoms with Gasteiger partial charge in [-0.25, -0.2) is 0 Å². The minimum absolute atomic E-state index is 0.466. The zero-order valence-corrected chi connectivity index (χ0v) is 12.3. The highest BCUT2D eigenvalue weighted by atomic mass is 16.5. The Hall–Kier alpha value is -1.71. The molecule has 0 aliphatic rings. The van der Waals surface area contributed by atoms with Gasteiger partial charge in [0, 0.05) is 6.92 Å². The van der Waals surface area contributed by atoms with Gasteiger partial charge in [0.25, 0.3) is 0 Å². The van der Waals surface area contributed by atoms with Gasteiger partial charge in [-0.05, 0) is 13.8 Å². The molecule has 0 bridgehead atoms. The Bertz CT molecular complexity index is 550. The van der Waals surface area contributed by atoms with Crippen LogP contribution in [0.4, 0.5) is 0 Å². The highest BCUT2D eigenvalue weighted by molar-refractivity contribution is 5.27. The standard InChI is InChI=1S/C14H23N2O2/c1-8(10(3)15)12(5)17-14-16(7)11(4)9(2)13(6)18-14/h15H2,1-7H3/q+1/b10-8-. The molecule has 0 radical (unpaired) electrons. The summed E-state index contributed by atoms with van der Waals surface area (Å²) in [5.74, 6) is 1.33. The summed E-state index contributed by atoms with van der Waals surface area (Å²) in [5, 5.41) is 0. The first-order valence-electron chi connectivity index (χ1n) is 6.00. The molecule has 0 unspecified atom stereocenters. The molecule has 0 spiro atoms. The maximum absolute atomic E-state index is 5.76. The molecule has 0 saturated carbocycles. The number of allylic oxidation sites excluding steroid dienone is 1. The first-order chi connectivity index (χ1) is 8.25. The fourth-order valence-corrected chi connectivity index (χ4v) is 1.49. The van der Waals surface area contributed by atoms with Gasteiger partial charge in [-0.2, -0.15) is 0 Å². The third kappa shape index (κ3) is 2.75. The van der Waals surface area contributed by atoms with Crippen LogP contribution in [0.1, 0.15) is 37.8 Å². The van der Waals surface area contributed by atoms with Crippen LogP contribution >= 0.6 is 0 Å². The predicted molar refractivity (Wildman–Crippen MR) is 74.0 cm³/mol. The van der Waals surface area contributed by atoms with Gasteiger partial charge in [0.1, 0.15) is 11.3 Å². The maximum Gasteiger partial charge on any atom is 0.715 e. The molecule has 0 aromatic carbocycles. The summed E-state index contributed by atoms with van der Waals surface area (Å²) in [5.41, 5.74) is 9.68. The summed E-state index contributed by atoms with van der Waals surface area (Å²) in [7, 11) is 1.92. The van der Waals surface area contributed by atoms with Crippen molar-refractivity contribution in [1.82, 2.24) is 4.57 Å². The van der Waals surface area contributed by atoms with Crippen LogP contribution in [0.5, 0.6) is 0 Å². The molecule has 2 N–H and O–H groups in total. The number of aromatic nitrogens is 1. The summed E-state index contributed by atoms with van der Waals surface area (Å²) in [4.78, 5) is 0. The van der Waals surface area contributed by atoms with Crippen LogP contribution in [0, 0.1) is 26.9 Å². The monoisotopic (exact) mass is 251 g/mol. The average Bonchev–Trinajstić information content (AvgIpc) is 2.32. The molecule has 0 fully saturated rings. The van der Waals surface area contributed by atoms with E-state index >= 15 is 0 Å². The molecule has 0 atom stereocenters. The Labute approximate surface area is 108 Å². The SMILES string of the molecule is C/C(N)=C(\C)[C-](C)[O+]=c1o[c+](C)c(C)c(C)n1C. The zero-order chi connectivity index (χ0) is 14.0. The molecule has 4 nitrogen and oxygen atoms in total. The topological polar surface area (TPSA) is 55.4 Å². The van der Waals surface area contributed by atoms with Crippen molar-refractivity contribution in [3.05, 3.63) is 44.6 Å². The van der Waals surface area contributed by atoms with Crippen LogP contribution in [-0.4, -0.2) is 4.57 Å². The lowest BCUT2D eigenvalue weighted by Gasteiger charge is -2.07. The van der Waals surface area contributed by atoms with Gasteiger partial charge >= 0.3 is 11.5 Å². The van der Waals surface area contributed by atoms with Crippen molar-refractivity contribution in [1.29, 1.82) is 0 Å². The second-order valence-corrected chi connectivity index (χ2v) is 4.66.